The first-order valence-corrected chi connectivity index (χ1v) is 5.68. The van der Waals surface area contributed by atoms with Crippen LogP contribution in [0.2, 0.25) is 0 Å². The van der Waals surface area contributed by atoms with Crippen LogP contribution in [-0.4, -0.2) is 37.6 Å². The predicted octanol–water partition coefficient (Wildman–Crippen LogP) is 2.63. The van der Waals surface area contributed by atoms with Crippen LogP contribution in [0, 0.1) is 0 Å². The van der Waals surface area contributed by atoms with Crippen LogP contribution in [0.3, 0.4) is 0 Å². The first-order chi connectivity index (χ1) is 6.83. The van der Waals surface area contributed by atoms with Crippen molar-refractivity contribution in [1.29, 1.82) is 0 Å². The molecule has 0 aliphatic carbocycles. The lowest BCUT2D eigenvalue weighted by Crippen LogP contribution is -2.43. The molecule has 0 aliphatic rings. The molecule has 0 bridgehead atoms. The Morgan fingerprint density at radius 1 is 0.733 bits per heavy atom. The third-order valence-electron chi connectivity index (χ3n) is 1.86. The van der Waals surface area contributed by atoms with Crippen LogP contribution in [0.5, 0.6) is 0 Å². The van der Waals surface area contributed by atoms with Crippen molar-refractivity contribution in [2.24, 2.45) is 0 Å². The Hall–Kier alpha value is -0.120. The molecule has 0 heterocycles. The van der Waals surface area contributed by atoms with Gasteiger partial charge in [-0.3, -0.25) is 0 Å². The van der Waals surface area contributed by atoms with E-state index in [1.54, 1.807) is 0 Å². The fraction of sp³-hybridized carbons (Fsp3) is 1.00. The van der Waals surface area contributed by atoms with Gasteiger partial charge in [-0.15, -0.1) is 0 Å². The molecule has 0 rings (SSSR count). The summed E-state index contributed by atoms with van der Waals surface area (Å²) < 4.78 is 16.7. The van der Waals surface area contributed by atoms with Crippen LogP contribution < -0.4 is 0 Å². The molecule has 0 saturated heterocycles. The van der Waals surface area contributed by atoms with E-state index in [0.717, 1.165) is 13.2 Å². The highest BCUT2D eigenvalue weighted by Gasteiger charge is 2.29. The average molecular weight is 218 g/mol. The Morgan fingerprint density at radius 3 is 1.33 bits per heavy atom. The van der Waals surface area contributed by atoms with Crippen LogP contribution in [0.15, 0.2) is 0 Å². The third kappa shape index (κ3) is 7.77. The standard InChI is InChI=1S/C12H26O3/c1-7-13-9-11(3,4)15-12(5,6)10-14-8-2/h7-10H2,1-6H3. The lowest BCUT2D eigenvalue weighted by Gasteiger charge is -2.35. The summed E-state index contributed by atoms with van der Waals surface area (Å²) in [4.78, 5) is 0. The van der Waals surface area contributed by atoms with Gasteiger partial charge in [0.1, 0.15) is 0 Å². The van der Waals surface area contributed by atoms with E-state index in [-0.39, 0.29) is 11.2 Å². The van der Waals surface area contributed by atoms with E-state index < -0.39 is 0 Å². The summed E-state index contributed by atoms with van der Waals surface area (Å²) in [5, 5.41) is 0. The van der Waals surface area contributed by atoms with Crippen LogP contribution in [0.25, 0.3) is 0 Å². The zero-order valence-corrected chi connectivity index (χ0v) is 11.1. The highest BCUT2D eigenvalue weighted by molar-refractivity contribution is 4.77. The normalized spacial score (nSPS) is 13.2. The van der Waals surface area contributed by atoms with Gasteiger partial charge in [-0.25, -0.2) is 0 Å². The van der Waals surface area contributed by atoms with Gasteiger partial charge in [0, 0.05) is 13.2 Å². The Bertz CT molecular complexity index is 146. The van der Waals surface area contributed by atoms with Crippen LogP contribution in [-0.2, 0) is 14.2 Å². The third-order valence-corrected chi connectivity index (χ3v) is 1.86. The van der Waals surface area contributed by atoms with Gasteiger partial charge in [-0.2, -0.15) is 0 Å². The number of rotatable bonds is 8. The van der Waals surface area contributed by atoms with Crippen molar-refractivity contribution in [3.63, 3.8) is 0 Å². The maximum Gasteiger partial charge on any atom is 0.0867 e. The molecule has 0 aromatic heterocycles. The van der Waals surface area contributed by atoms with Gasteiger partial charge in [0.05, 0.1) is 24.4 Å². The van der Waals surface area contributed by atoms with Crippen LogP contribution >= 0.6 is 0 Å². The smallest absolute Gasteiger partial charge is 0.0867 e. The van der Waals surface area contributed by atoms with Gasteiger partial charge in [-0.05, 0) is 41.5 Å². The minimum atomic E-state index is -0.267. The molecule has 0 saturated carbocycles. The molecule has 0 aromatic carbocycles. The summed E-state index contributed by atoms with van der Waals surface area (Å²) in [6, 6.07) is 0. The second-order valence-electron chi connectivity index (χ2n) is 4.90. The van der Waals surface area contributed by atoms with Crippen molar-refractivity contribution >= 4 is 0 Å². The van der Waals surface area contributed by atoms with E-state index >= 15 is 0 Å². The summed E-state index contributed by atoms with van der Waals surface area (Å²) in [6.07, 6.45) is 0. The molecule has 3 heteroatoms. The van der Waals surface area contributed by atoms with Crippen molar-refractivity contribution < 1.29 is 14.2 Å². The Morgan fingerprint density at radius 2 is 1.07 bits per heavy atom. The number of hydrogen-bond acceptors (Lipinski definition) is 3. The van der Waals surface area contributed by atoms with E-state index in [1.807, 2.05) is 41.5 Å². The Balaban J connectivity index is 4.04. The summed E-state index contributed by atoms with van der Waals surface area (Å²) in [6.45, 7) is 14.8. The van der Waals surface area contributed by atoms with Crippen molar-refractivity contribution in [3.8, 4) is 0 Å². The Kier molecular flexibility index (Phi) is 6.41. The first kappa shape index (κ1) is 14.9. The molecule has 0 unspecified atom stereocenters. The zero-order chi connectivity index (χ0) is 11.9. The largest absolute Gasteiger partial charge is 0.379 e. The molecule has 0 N–H and O–H groups in total. The molecule has 0 aliphatic heterocycles. The summed E-state index contributed by atoms with van der Waals surface area (Å²) in [5.74, 6) is 0. The van der Waals surface area contributed by atoms with Crippen molar-refractivity contribution in [1.82, 2.24) is 0 Å². The maximum absolute atomic E-state index is 5.98. The minimum absolute atomic E-state index is 0.267. The lowest BCUT2D eigenvalue weighted by molar-refractivity contribution is -0.171. The van der Waals surface area contributed by atoms with Gasteiger partial charge in [0.2, 0.25) is 0 Å². The molecular formula is C12H26O3. The maximum atomic E-state index is 5.98. The van der Waals surface area contributed by atoms with Gasteiger partial charge in [0.15, 0.2) is 0 Å². The molecule has 3 nitrogen and oxygen atoms in total. The fourth-order valence-corrected chi connectivity index (χ4v) is 1.50. The molecule has 0 amide bonds. The topological polar surface area (TPSA) is 27.7 Å². The van der Waals surface area contributed by atoms with E-state index in [9.17, 15) is 0 Å². The number of ether oxygens (including phenoxy) is 3. The summed E-state index contributed by atoms with van der Waals surface area (Å²) in [7, 11) is 0. The monoisotopic (exact) mass is 218 g/mol. The molecular weight excluding hydrogens is 192 g/mol. The van der Waals surface area contributed by atoms with E-state index in [2.05, 4.69) is 0 Å². The summed E-state index contributed by atoms with van der Waals surface area (Å²) >= 11 is 0. The number of hydrogen-bond donors (Lipinski definition) is 0. The van der Waals surface area contributed by atoms with Gasteiger partial charge >= 0.3 is 0 Å². The average Bonchev–Trinajstić information content (AvgIpc) is 2.10. The van der Waals surface area contributed by atoms with E-state index in [0.29, 0.717) is 13.2 Å². The predicted molar refractivity (Wildman–Crippen MR) is 62.2 cm³/mol. The summed E-state index contributed by atoms with van der Waals surface area (Å²) in [5.41, 5.74) is -0.535. The van der Waals surface area contributed by atoms with Gasteiger partial charge in [-0.1, -0.05) is 0 Å². The van der Waals surface area contributed by atoms with Crippen molar-refractivity contribution in [3.05, 3.63) is 0 Å². The SMILES string of the molecule is CCOCC(C)(C)OC(C)(C)COCC. The second-order valence-corrected chi connectivity index (χ2v) is 4.90. The van der Waals surface area contributed by atoms with E-state index in [4.69, 9.17) is 14.2 Å². The molecule has 0 fully saturated rings. The van der Waals surface area contributed by atoms with E-state index in [1.165, 1.54) is 0 Å². The van der Waals surface area contributed by atoms with Crippen LogP contribution in [0.1, 0.15) is 41.5 Å². The quantitative estimate of drug-likeness (QED) is 0.627. The zero-order valence-electron chi connectivity index (χ0n) is 11.1. The van der Waals surface area contributed by atoms with Crippen LogP contribution in [0.4, 0.5) is 0 Å². The lowest BCUT2D eigenvalue weighted by atomic mass is 10.1. The fourth-order valence-electron chi connectivity index (χ4n) is 1.50. The molecule has 0 radical (unpaired) electrons. The molecule has 0 spiro atoms. The van der Waals surface area contributed by atoms with Crippen molar-refractivity contribution in [2.45, 2.75) is 52.7 Å². The van der Waals surface area contributed by atoms with Crippen molar-refractivity contribution in [2.75, 3.05) is 26.4 Å². The molecule has 15 heavy (non-hydrogen) atoms. The second kappa shape index (κ2) is 6.46. The highest BCUT2D eigenvalue weighted by atomic mass is 16.6. The molecule has 0 atom stereocenters. The molecule has 0 aromatic rings. The highest BCUT2D eigenvalue weighted by Crippen LogP contribution is 2.21. The first-order valence-electron chi connectivity index (χ1n) is 5.68. The minimum Gasteiger partial charge on any atom is -0.379 e. The Labute approximate surface area is 94.1 Å². The van der Waals surface area contributed by atoms with Gasteiger partial charge in [0.25, 0.3) is 0 Å². The molecule has 92 valence electrons. The van der Waals surface area contributed by atoms with Gasteiger partial charge < -0.3 is 14.2 Å².